The van der Waals surface area contributed by atoms with E-state index in [-0.39, 0.29) is 11.2 Å². The van der Waals surface area contributed by atoms with Crippen LogP contribution in [-0.4, -0.2) is 5.97 Å². The molecule has 5 heteroatoms. The Bertz CT molecular complexity index is 940. The van der Waals surface area contributed by atoms with Crippen LogP contribution in [0.15, 0.2) is 57.9 Å². The highest BCUT2D eigenvalue weighted by Crippen LogP contribution is 2.24. The lowest BCUT2D eigenvalue weighted by atomic mass is 10.2. The minimum Gasteiger partial charge on any atom is -0.460 e. The highest BCUT2D eigenvalue weighted by atomic mass is 16.5. The van der Waals surface area contributed by atoms with Gasteiger partial charge in [-0.1, -0.05) is 12.1 Å². The highest BCUT2D eigenvalue weighted by molar-refractivity contribution is 5.80. The largest absolute Gasteiger partial charge is 0.460 e. The maximum absolute atomic E-state index is 12.5. The van der Waals surface area contributed by atoms with Gasteiger partial charge in [0.25, 0.3) is 0 Å². The Morgan fingerprint density at radius 2 is 1.91 bits per heavy atom. The fraction of sp³-hybridized carbons (Fsp3) is 0.111. The monoisotopic (exact) mass is 310 g/mol. The number of hydrogen-bond donors (Lipinski definition) is 0. The van der Waals surface area contributed by atoms with Crippen molar-refractivity contribution in [3.05, 3.63) is 64.5 Å². The molecule has 0 unspecified atom stereocenters. The molecule has 0 bridgehead atoms. The Hall–Kier alpha value is -3.08. The summed E-state index contributed by atoms with van der Waals surface area (Å²) in [6, 6.07) is 12.0. The van der Waals surface area contributed by atoms with E-state index in [9.17, 15) is 9.59 Å². The fourth-order valence-electron chi connectivity index (χ4n) is 2.20. The lowest BCUT2D eigenvalue weighted by molar-refractivity contribution is -0.131. The summed E-state index contributed by atoms with van der Waals surface area (Å²) in [4.78, 5) is 23.4. The van der Waals surface area contributed by atoms with E-state index < -0.39 is 5.97 Å². The van der Waals surface area contributed by atoms with Gasteiger partial charge in [0.05, 0.1) is 5.39 Å². The van der Waals surface area contributed by atoms with Gasteiger partial charge in [0.2, 0.25) is 11.2 Å². The third-order valence-electron chi connectivity index (χ3n) is 3.19. The second-order valence-electron chi connectivity index (χ2n) is 5.10. The Labute approximate surface area is 132 Å². The molecule has 3 aromatic rings. The van der Waals surface area contributed by atoms with Gasteiger partial charge in [-0.3, -0.25) is 9.59 Å². The maximum atomic E-state index is 12.5. The number of carbonyl (C=O) groups is 1. The third-order valence-corrected chi connectivity index (χ3v) is 3.19. The summed E-state index contributed by atoms with van der Waals surface area (Å²) in [7, 11) is 0. The summed E-state index contributed by atoms with van der Waals surface area (Å²) in [6.07, 6.45) is 1.25. The van der Waals surface area contributed by atoms with Crippen molar-refractivity contribution in [3.8, 4) is 17.2 Å². The molecule has 0 N–H and O–H groups in total. The van der Waals surface area contributed by atoms with Crippen molar-refractivity contribution in [2.24, 2.45) is 0 Å². The standard InChI is InChI=1S/C18H14O5/c1-11-4-3-5-13(8-11)23-17-10-21-16-9-14(22-12(2)19)6-7-15(16)18(17)20/h3-10H,1-2H3. The van der Waals surface area contributed by atoms with Crippen LogP contribution in [0.4, 0.5) is 0 Å². The maximum Gasteiger partial charge on any atom is 0.308 e. The molecule has 2 aromatic carbocycles. The van der Waals surface area contributed by atoms with Crippen LogP contribution in [0.25, 0.3) is 11.0 Å². The number of benzene rings is 2. The van der Waals surface area contributed by atoms with E-state index in [1.165, 1.54) is 25.3 Å². The summed E-state index contributed by atoms with van der Waals surface area (Å²) >= 11 is 0. The molecular formula is C18H14O5. The van der Waals surface area contributed by atoms with E-state index in [2.05, 4.69) is 0 Å². The minimum absolute atomic E-state index is 0.100. The fourth-order valence-corrected chi connectivity index (χ4v) is 2.20. The smallest absolute Gasteiger partial charge is 0.308 e. The van der Waals surface area contributed by atoms with Crippen LogP contribution in [0.5, 0.6) is 17.2 Å². The molecule has 116 valence electrons. The molecule has 0 spiro atoms. The number of rotatable bonds is 3. The van der Waals surface area contributed by atoms with Crippen molar-refractivity contribution in [1.29, 1.82) is 0 Å². The van der Waals surface area contributed by atoms with Crippen LogP contribution in [0, 0.1) is 6.92 Å². The molecule has 0 amide bonds. The van der Waals surface area contributed by atoms with Gasteiger partial charge in [0, 0.05) is 13.0 Å². The van der Waals surface area contributed by atoms with Gasteiger partial charge in [-0.25, -0.2) is 0 Å². The zero-order valence-corrected chi connectivity index (χ0v) is 12.7. The summed E-state index contributed by atoms with van der Waals surface area (Å²) in [5.74, 6) is 0.545. The van der Waals surface area contributed by atoms with Crippen molar-refractivity contribution >= 4 is 16.9 Å². The molecule has 5 nitrogen and oxygen atoms in total. The molecule has 0 saturated carbocycles. The van der Waals surface area contributed by atoms with Crippen molar-refractivity contribution in [3.63, 3.8) is 0 Å². The van der Waals surface area contributed by atoms with Gasteiger partial charge in [-0.05, 0) is 36.8 Å². The molecule has 0 radical (unpaired) electrons. The number of aryl methyl sites for hydroxylation is 1. The molecule has 0 saturated heterocycles. The van der Waals surface area contributed by atoms with E-state index in [1.54, 1.807) is 12.1 Å². The molecular weight excluding hydrogens is 296 g/mol. The molecule has 0 aliphatic carbocycles. The van der Waals surface area contributed by atoms with Crippen molar-refractivity contribution in [2.75, 3.05) is 0 Å². The van der Waals surface area contributed by atoms with Gasteiger partial charge in [0.15, 0.2) is 0 Å². The van der Waals surface area contributed by atoms with E-state index >= 15 is 0 Å². The van der Waals surface area contributed by atoms with E-state index in [1.807, 2.05) is 25.1 Å². The predicted molar refractivity (Wildman–Crippen MR) is 85.0 cm³/mol. The minimum atomic E-state index is -0.439. The normalized spacial score (nSPS) is 10.5. The van der Waals surface area contributed by atoms with Gasteiger partial charge in [-0.15, -0.1) is 0 Å². The zero-order chi connectivity index (χ0) is 16.4. The van der Waals surface area contributed by atoms with Crippen molar-refractivity contribution < 1.29 is 18.7 Å². The first kappa shape index (κ1) is 14.8. The van der Waals surface area contributed by atoms with Crippen molar-refractivity contribution in [1.82, 2.24) is 0 Å². The summed E-state index contributed by atoms with van der Waals surface area (Å²) < 4.78 is 16.0. The molecule has 23 heavy (non-hydrogen) atoms. The highest BCUT2D eigenvalue weighted by Gasteiger charge is 2.11. The summed E-state index contributed by atoms with van der Waals surface area (Å²) in [5, 5.41) is 0.353. The Morgan fingerprint density at radius 3 is 2.65 bits per heavy atom. The number of ether oxygens (including phenoxy) is 2. The van der Waals surface area contributed by atoms with Gasteiger partial charge in [-0.2, -0.15) is 0 Å². The second kappa shape index (κ2) is 5.96. The molecule has 0 aliphatic rings. The first-order valence-corrected chi connectivity index (χ1v) is 7.01. The predicted octanol–water partition coefficient (Wildman–Crippen LogP) is 3.82. The van der Waals surface area contributed by atoms with Crippen LogP contribution >= 0.6 is 0 Å². The molecule has 1 heterocycles. The van der Waals surface area contributed by atoms with E-state index in [4.69, 9.17) is 13.9 Å². The lowest BCUT2D eigenvalue weighted by Crippen LogP contribution is -2.06. The molecule has 0 fully saturated rings. The van der Waals surface area contributed by atoms with Gasteiger partial charge in [0.1, 0.15) is 23.3 Å². The first-order chi connectivity index (χ1) is 11.0. The second-order valence-corrected chi connectivity index (χ2v) is 5.10. The summed E-state index contributed by atoms with van der Waals surface area (Å²) in [6.45, 7) is 3.24. The van der Waals surface area contributed by atoms with Crippen LogP contribution in [0.3, 0.4) is 0 Å². The zero-order valence-electron chi connectivity index (χ0n) is 12.7. The van der Waals surface area contributed by atoms with Crippen LogP contribution < -0.4 is 14.9 Å². The third kappa shape index (κ3) is 3.23. The number of hydrogen-bond acceptors (Lipinski definition) is 5. The SMILES string of the molecule is CC(=O)Oc1ccc2c(=O)c(Oc3cccc(C)c3)coc2c1. The molecule has 1 aromatic heterocycles. The van der Waals surface area contributed by atoms with Gasteiger partial charge >= 0.3 is 5.97 Å². The lowest BCUT2D eigenvalue weighted by Gasteiger charge is -2.07. The average molecular weight is 310 g/mol. The van der Waals surface area contributed by atoms with E-state index in [0.717, 1.165) is 5.56 Å². The van der Waals surface area contributed by atoms with Crippen LogP contribution in [-0.2, 0) is 4.79 Å². The van der Waals surface area contributed by atoms with Crippen molar-refractivity contribution in [2.45, 2.75) is 13.8 Å². The van der Waals surface area contributed by atoms with E-state index in [0.29, 0.717) is 22.5 Å². The Balaban J connectivity index is 1.99. The van der Waals surface area contributed by atoms with Crippen LogP contribution in [0.2, 0.25) is 0 Å². The topological polar surface area (TPSA) is 65.7 Å². The average Bonchev–Trinajstić information content (AvgIpc) is 2.50. The number of fused-ring (bicyclic) bond motifs is 1. The summed E-state index contributed by atoms with van der Waals surface area (Å²) in [5.41, 5.74) is 1.06. The molecule has 0 atom stereocenters. The van der Waals surface area contributed by atoms with Gasteiger partial charge < -0.3 is 13.9 Å². The Morgan fingerprint density at radius 1 is 1.09 bits per heavy atom. The van der Waals surface area contributed by atoms with Crippen LogP contribution in [0.1, 0.15) is 12.5 Å². The quantitative estimate of drug-likeness (QED) is 0.543. The number of esters is 1. The first-order valence-electron chi connectivity index (χ1n) is 7.01. The molecule has 0 aliphatic heterocycles. The number of carbonyl (C=O) groups excluding carboxylic acids is 1. The molecule has 3 rings (SSSR count). The Kier molecular flexibility index (Phi) is 3.85.